The average Bonchev–Trinajstić information content (AvgIpc) is 2.54. The first-order chi connectivity index (χ1) is 9.88. The van der Waals surface area contributed by atoms with Crippen molar-refractivity contribution in [2.75, 3.05) is 17.3 Å². The van der Waals surface area contributed by atoms with Crippen LogP contribution < -0.4 is 10.2 Å². The lowest BCUT2D eigenvalue weighted by Crippen LogP contribution is -2.25. The quantitative estimate of drug-likeness (QED) is 0.809. The molecule has 2 aromatic rings. The molecule has 7 heteroatoms. The number of pyridine rings is 1. The molecule has 0 saturated heterocycles. The number of carbonyl (C=O) groups is 1. The molecule has 0 radical (unpaired) electrons. The van der Waals surface area contributed by atoms with Crippen LogP contribution in [0.15, 0.2) is 36.5 Å². The van der Waals surface area contributed by atoms with Crippen molar-refractivity contribution in [3.8, 4) is 0 Å². The summed E-state index contributed by atoms with van der Waals surface area (Å²) in [5.74, 6) is -0.0865. The van der Waals surface area contributed by atoms with E-state index in [4.69, 9.17) is 0 Å². The minimum Gasteiger partial charge on any atom is -0.338 e. The Hall–Kier alpha value is -2.57. The fourth-order valence-corrected chi connectivity index (χ4v) is 2.20. The predicted octanol–water partition coefficient (Wildman–Crippen LogP) is 3.43. The second kappa shape index (κ2) is 4.47. The molecule has 0 atom stereocenters. The van der Waals surface area contributed by atoms with Crippen molar-refractivity contribution in [1.29, 1.82) is 0 Å². The van der Waals surface area contributed by atoms with Crippen LogP contribution in [0.25, 0.3) is 0 Å². The second-order valence-corrected chi connectivity index (χ2v) is 4.62. The number of nitrogens with one attached hydrogen (secondary N) is 1. The van der Waals surface area contributed by atoms with E-state index in [0.717, 1.165) is 12.1 Å². The van der Waals surface area contributed by atoms with Gasteiger partial charge in [0.05, 0.1) is 22.5 Å². The first-order valence-electron chi connectivity index (χ1n) is 6.09. The van der Waals surface area contributed by atoms with Crippen molar-refractivity contribution < 1.29 is 18.0 Å². The summed E-state index contributed by atoms with van der Waals surface area (Å²) < 4.78 is 38.4. The minimum absolute atomic E-state index is 0.193. The number of hydrogen-bond donors (Lipinski definition) is 1. The van der Waals surface area contributed by atoms with Gasteiger partial charge in [-0.15, -0.1) is 0 Å². The van der Waals surface area contributed by atoms with E-state index in [1.165, 1.54) is 24.2 Å². The van der Waals surface area contributed by atoms with E-state index in [1.54, 1.807) is 12.1 Å². The van der Waals surface area contributed by atoms with Crippen molar-refractivity contribution in [2.24, 2.45) is 0 Å². The van der Waals surface area contributed by atoms with E-state index in [1.807, 2.05) is 0 Å². The van der Waals surface area contributed by atoms with E-state index in [-0.39, 0.29) is 17.4 Å². The van der Waals surface area contributed by atoms with Gasteiger partial charge in [0.15, 0.2) is 0 Å². The van der Waals surface area contributed by atoms with Crippen LogP contribution in [0.1, 0.15) is 15.9 Å². The molecule has 0 unspecified atom stereocenters. The molecule has 1 N–H and O–H groups in total. The largest absolute Gasteiger partial charge is 0.416 e. The van der Waals surface area contributed by atoms with Crippen LogP contribution in [0.4, 0.5) is 30.4 Å². The first-order valence-corrected chi connectivity index (χ1v) is 6.09. The Morgan fingerprint density at radius 3 is 2.71 bits per heavy atom. The summed E-state index contributed by atoms with van der Waals surface area (Å²) in [5, 5.41) is 2.80. The smallest absolute Gasteiger partial charge is 0.338 e. The molecule has 0 fully saturated rings. The van der Waals surface area contributed by atoms with Crippen LogP contribution >= 0.6 is 0 Å². The number of alkyl halides is 3. The molecule has 1 aliphatic heterocycles. The second-order valence-electron chi connectivity index (χ2n) is 4.62. The molecule has 0 aliphatic carbocycles. The lowest BCUT2D eigenvalue weighted by molar-refractivity contribution is -0.137. The monoisotopic (exact) mass is 293 g/mol. The molecule has 21 heavy (non-hydrogen) atoms. The Bertz CT molecular complexity index is 728. The fourth-order valence-electron chi connectivity index (χ4n) is 2.20. The minimum atomic E-state index is -4.45. The molecule has 1 aromatic heterocycles. The summed E-state index contributed by atoms with van der Waals surface area (Å²) in [6.07, 6.45) is -2.98. The van der Waals surface area contributed by atoms with Crippen LogP contribution in [0.5, 0.6) is 0 Å². The van der Waals surface area contributed by atoms with E-state index < -0.39 is 11.7 Å². The normalized spacial score (nSPS) is 14.1. The van der Waals surface area contributed by atoms with E-state index >= 15 is 0 Å². The Balaban J connectivity index is 2.18. The zero-order valence-corrected chi connectivity index (χ0v) is 10.9. The lowest BCUT2D eigenvalue weighted by atomic mass is 10.1. The number of halogens is 3. The Morgan fingerprint density at radius 1 is 1.24 bits per heavy atom. The van der Waals surface area contributed by atoms with Gasteiger partial charge in [-0.3, -0.25) is 4.79 Å². The number of anilines is 3. The first kappa shape index (κ1) is 13.4. The molecule has 0 spiro atoms. The number of carbonyl (C=O) groups excluding carboxylic acids is 1. The molecule has 1 amide bonds. The van der Waals surface area contributed by atoms with Gasteiger partial charge in [-0.05, 0) is 30.3 Å². The molecule has 0 bridgehead atoms. The Kier molecular flexibility index (Phi) is 2.86. The zero-order chi connectivity index (χ0) is 15.2. The standard InChI is InChI=1S/C14H10F3N3O/c1-20-11-5-4-8(14(15,16)17)7-10(11)19-12-9(13(20)21)3-2-6-18-12/h2-7H,1H3,(H,18,19). The Labute approximate surface area is 118 Å². The van der Waals surface area contributed by atoms with Crippen molar-refractivity contribution in [1.82, 2.24) is 4.98 Å². The zero-order valence-electron chi connectivity index (χ0n) is 10.9. The molecule has 3 rings (SSSR count). The lowest BCUT2D eigenvalue weighted by Gasteiger charge is -2.18. The van der Waals surface area contributed by atoms with Crippen molar-refractivity contribution in [3.05, 3.63) is 47.7 Å². The molecule has 0 saturated carbocycles. The molecular weight excluding hydrogens is 283 g/mol. The third kappa shape index (κ3) is 2.20. The van der Waals surface area contributed by atoms with Crippen molar-refractivity contribution >= 4 is 23.1 Å². The number of amides is 1. The summed E-state index contributed by atoms with van der Waals surface area (Å²) >= 11 is 0. The average molecular weight is 293 g/mol. The fraction of sp³-hybridized carbons (Fsp3) is 0.143. The highest BCUT2D eigenvalue weighted by Crippen LogP contribution is 2.38. The molecule has 4 nitrogen and oxygen atoms in total. The number of hydrogen-bond acceptors (Lipinski definition) is 3. The van der Waals surface area contributed by atoms with Gasteiger partial charge in [0.25, 0.3) is 5.91 Å². The molecule has 1 aliphatic rings. The summed E-state index contributed by atoms with van der Waals surface area (Å²) in [7, 11) is 1.51. The molecular formula is C14H10F3N3O. The highest BCUT2D eigenvalue weighted by atomic mass is 19.4. The van der Waals surface area contributed by atoms with Crippen LogP contribution in [0, 0.1) is 0 Å². The predicted molar refractivity (Wildman–Crippen MR) is 71.7 cm³/mol. The number of benzene rings is 1. The molecule has 2 heterocycles. The maximum absolute atomic E-state index is 12.8. The molecule has 108 valence electrons. The van der Waals surface area contributed by atoms with Crippen LogP contribution in [-0.2, 0) is 6.18 Å². The van der Waals surface area contributed by atoms with Gasteiger partial charge in [0.1, 0.15) is 5.82 Å². The molecule has 1 aromatic carbocycles. The summed E-state index contributed by atoms with van der Waals surface area (Å²) in [6, 6.07) is 6.37. The van der Waals surface area contributed by atoms with E-state index in [0.29, 0.717) is 11.3 Å². The topological polar surface area (TPSA) is 45.2 Å². The van der Waals surface area contributed by atoms with Gasteiger partial charge < -0.3 is 10.2 Å². The SMILES string of the molecule is CN1C(=O)c2cccnc2Nc2cc(C(F)(F)F)ccc21. The third-order valence-electron chi connectivity index (χ3n) is 3.28. The van der Waals surface area contributed by atoms with Crippen LogP contribution in [0.3, 0.4) is 0 Å². The highest BCUT2D eigenvalue weighted by molar-refractivity contribution is 6.12. The summed E-state index contributed by atoms with van der Waals surface area (Å²) in [4.78, 5) is 17.6. The summed E-state index contributed by atoms with van der Waals surface area (Å²) in [6.45, 7) is 0. The maximum Gasteiger partial charge on any atom is 0.416 e. The van der Waals surface area contributed by atoms with Gasteiger partial charge in [-0.25, -0.2) is 4.98 Å². The van der Waals surface area contributed by atoms with Crippen molar-refractivity contribution in [3.63, 3.8) is 0 Å². The van der Waals surface area contributed by atoms with Gasteiger partial charge in [-0.2, -0.15) is 13.2 Å². The number of aromatic nitrogens is 1. The van der Waals surface area contributed by atoms with Crippen LogP contribution in [-0.4, -0.2) is 17.9 Å². The number of fused-ring (bicyclic) bond motifs is 2. The number of nitrogens with zero attached hydrogens (tertiary/aromatic N) is 2. The number of rotatable bonds is 0. The summed E-state index contributed by atoms with van der Waals surface area (Å²) in [5.41, 5.74) is 0.0860. The van der Waals surface area contributed by atoms with Gasteiger partial charge in [0, 0.05) is 13.2 Å². The van der Waals surface area contributed by atoms with Gasteiger partial charge in [-0.1, -0.05) is 0 Å². The third-order valence-corrected chi connectivity index (χ3v) is 3.28. The van der Waals surface area contributed by atoms with Crippen LogP contribution in [0.2, 0.25) is 0 Å². The van der Waals surface area contributed by atoms with Gasteiger partial charge >= 0.3 is 6.18 Å². The van der Waals surface area contributed by atoms with Gasteiger partial charge in [0.2, 0.25) is 0 Å². The maximum atomic E-state index is 12.8. The van der Waals surface area contributed by atoms with E-state index in [9.17, 15) is 18.0 Å². The van der Waals surface area contributed by atoms with E-state index in [2.05, 4.69) is 10.3 Å². The van der Waals surface area contributed by atoms with Crippen molar-refractivity contribution in [2.45, 2.75) is 6.18 Å². The highest BCUT2D eigenvalue weighted by Gasteiger charge is 2.33. The Morgan fingerprint density at radius 2 is 2.00 bits per heavy atom.